The summed E-state index contributed by atoms with van der Waals surface area (Å²) in [7, 11) is 1.59. The molecule has 5 heteroatoms. The van der Waals surface area contributed by atoms with Gasteiger partial charge >= 0.3 is 0 Å². The van der Waals surface area contributed by atoms with E-state index in [1.165, 1.54) is 0 Å². The molecule has 0 saturated carbocycles. The van der Waals surface area contributed by atoms with Crippen molar-refractivity contribution in [2.24, 2.45) is 5.73 Å². The van der Waals surface area contributed by atoms with Crippen molar-refractivity contribution in [2.75, 3.05) is 7.11 Å². The second kappa shape index (κ2) is 4.55. The third kappa shape index (κ3) is 1.89. The molecule has 0 aliphatic carbocycles. The number of nitrogens with two attached hydrogens (primary N) is 1. The number of hydrogen-bond donors (Lipinski definition) is 1. The van der Waals surface area contributed by atoms with Gasteiger partial charge in [0.05, 0.1) is 18.7 Å². The lowest BCUT2D eigenvalue weighted by molar-refractivity contribution is 0.415. The van der Waals surface area contributed by atoms with Gasteiger partial charge in [0.1, 0.15) is 11.6 Å². The van der Waals surface area contributed by atoms with Gasteiger partial charge in [-0.3, -0.25) is 0 Å². The number of aromatic nitrogens is 2. The first kappa shape index (κ1) is 11.0. The molecule has 0 saturated heterocycles. The van der Waals surface area contributed by atoms with Crippen LogP contribution >= 0.6 is 11.6 Å². The SMILES string of the molecule is COc1ccc(-n2ccnc2CN)cc1Cl. The van der Waals surface area contributed by atoms with Gasteiger partial charge < -0.3 is 15.0 Å². The van der Waals surface area contributed by atoms with E-state index in [0.717, 1.165) is 11.5 Å². The molecule has 84 valence electrons. The Kier molecular flexibility index (Phi) is 3.12. The molecule has 0 spiro atoms. The minimum Gasteiger partial charge on any atom is -0.495 e. The Morgan fingerprint density at radius 3 is 2.94 bits per heavy atom. The number of ether oxygens (including phenoxy) is 1. The second-order valence-electron chi connectivity index (χ2n) is 3.24. The predicted octanol–water partition coefficient (Wildman–Crippen LogP) is 1.99. The Morgan fingerprint density at radius 1 is 1.50 bits per heavy atom. The van der Waals surface area contributed by atoms with Crippen molar-refractivity contribution in [2.45, 2.75) is 6.54 Å². The zero-order chi connectivity index (χ0) is 11.5. The quantitative estimate of drug-likeness (QED) is 0.888. The van der Waals surface area contributed by atoms with Gasteiger partial charge in [-0.25, -0.2) is 4.98 Å². The van der Waals surface area contributed by atoms with E-state index < -0.39 is 0 Å². The first-order valence-electron chi connectivity index (χ1n) is 4.82. The molecule has 0 amide bonds. The van der Waals surface area contributed by atoms with Crippen LogP contribution < -0.4 is 10.5 Å². The highest BCUT2D eigenvalue weighted by Gasteiger charge is 2.06. The summed E-state index contributed by atoms with van der Waals surface area (Å²) in [6.07, 6.45) is 3.56. The van der Waals surface area contributed by atoms with Crippen molar-refractivity contribution in [3.8, 4) is 11.4 Å². The third-order valence-electron chi connectivity index (χ3n) is 2.31. The average molecular weight is 238 g/mol. The standard InChI is InChI=1S/C11H12ClN3O/c1-16-10-3-2-8(6-9(10)12)15-5-4-14-11(15)7-13/h2-6H,7,13H2,1H3. The number of nitrogens with zero attached hydrogens (tertiary/aromatic N) is 2. The number of methoxy groups -OCH3 is 1. The van der Waals surface area contributed by atoms with Crippen molar-refractivity contribution in [1.82, 2.24) is 9.55 Å². The molecule has 0 fully saturated rings. The molecule has 1 heterocycles. The highest BCUT2D eigenvalue weighted by Crippen LogP contribution is 2.26. The Hall–Kier alpha value is -1.52. The summed E-state index contributed by atoms with van der Waals surface area (Å²) in [6.45, 7) is 0.386. The third-order valence-corrected chi connectivity index (χ3v) is 2.61. The van der Waals surface area contributed by atoms with Gasteiger partial charge in [-0.05, 0) is 18.2 Å². The maximum atomic E-state index is 6.05. The van der Waals surface area contributed by atoms with Crippen LogP contribution in [0.5, 0.6) is 5.75 Å². The van der Waals surface area contributed by atoms with Crippen molar-refractivity contribution in [3.05, 3.63) is 41.4 Å². The molecule has 0 bridgehead atoms. The van der Waals surface area contributed by atoms with Crippen molar-refractivity contribution < 1.29 is 4.74 Å². The molecular formula is C11H12ClN3O. The van der Waals surface area contributed by atoms with Crippen LogP contribution in [0.25, 0.3) is 5.69 Å². The Morgan fingerprint density at radius 2 is 2.31 bits per heavy atom. The molecule has 0 atom stereocenters. The molecule has 2 rings (SSSR count). The normalized spacial score (nSPS) is 10.4. The van der Waals surface area contributed by atoms with E-state index in [9.17, 15) is 0 Å². The molecule has 2 aromatic rings. The van der Waals surface area contributed by atoms with Gasteiger partial charge in [-0.1, -0.05) is 11.6 Å². The van der Waals surface area contributed by atoms with Gasteiger partial charge in [-0.2, -0.15) is 0 Å². The first-order valence-corrected chi connectivity index (χ1v) is 5.20. The summed E-state index contributed by atoms with van der Waals surface area (Å²) >= 11 is 6.05. The molecule has 16 heavy (non-hydrogen) atoms. The maximum absolute atomic E-state index is 6.05. The van der Waals surface area contributed by atoms with E-state index in [-0.39, 0.29) is 0 Å². The fourth-order valence-corrected chi connectivity index (χ4v) is 1.78. The highest BCUT2D eigenvalue weighted by atomic mass is 35.5. The fourth-order valence-electron chi connectivity index (χ4n) is 1.53. The molecule has 0 aliphatic heterocycles. The van der Waals surface area contributed by atoms with Gasteiger partial charge in [0.15, 0.2) is 0 Å². The lowest BCUT2D eigenvalue weighted by atomic mass is 10.3. The summed E-state index contributed by atoms with van der Waals surface area (Å²) in [5.41, 5.74) is 6.51. The van der Waals surface area contributed by atoms with Crippen LogP contribution in [-0.4, -0.2) is 16.7 Å². The fraction of sp³-hybridized carbons (Fsp3) is 0.182. The Labute approximate surface area is 98.6 Å². The van der Waals surface area contributed by atoms with E-state index in [1.807, 2.05) is 29.0 Å². The van der Waals surface area contributed by atoms with Crippen LogP contribution in [0.15, 0.2) is 30.6 Å². The molecule has 4 nitrogen and oxygen atoms in total. The summed E-state index contributed by atoms with van der Waals surface area (Å²) in [4.78, 5) is 4.15. The number of rotatable bonds is 3. The van der Waals surface area contributed by atoms with Crippen LogP contribution in [-0.2, 0) is 6.54 Å². The summed E-state index contributed by atoms with van der Waals surface area (Å²) in [5, 5.41) is 0.566. The number of benzene rings is 1. The molecule has 2 N–H and O–H groups in total. The molecule has 0 aliphatic rings. The Balaban J connectivity index is 2.45. The van der Waals surface area contributed by atoms with E-state index >= 15 is 0 Å². The van der Waals surface area contributed by atoms with Crippen LogP contribution in [0.1, 0.15) is 5.82 Å². The van der Waals surface area contributed by atoms with Crippen LogP contribution in [0.2, 0.25) is 5.02 Å². The predicted molar refractivity (Wildman–Crippen MR) is 63.0 cm³/mol. The summed E-state index contributed by atoms with van der Waals surface area (Å²) in [5.74, 6) is 1.45. The van der Waals surface area contributed by atoms with Crippen molar-refractivity contribution in [1.29, 1.82) is 0 Å². The van der Waals surface area contributed by atoms with E-state index in [0.29, 0.717) is 17.3 Å². The lowest BCUT2D eigenvalue weighted by Gasteiger charge is -2.09. The van der Waals surface area contributed by atoms with Gasteiger partial charge in [-0.15, -0.1) is 0 Å². The zero-order valence-electron chi connectivity index (χ0n) is 8.85. The number of hydrogen-bond acceptors (Lipinski definition) is 3. The minimum absolute atomic E-state index is 0.386. The van der Waals surface area contributed by atoms with Crippen molar-refractivity contribution >= 4 is 11.6 Å². The summed E-state index contributed by atoms with van der Waals surface area (Å²) in [6, 6.07) is 5.55. The second-order valence-corrected chi connectivity index (χ2v) is 3.64. The van der Waals surface area contributed by atoms with Crippen LogP contribution in [0, 0.1) is 0 Å². The average Bonchev–Trinajstić information content (AvgIpc) is 2.77. The summed E-state index contributed by atoms with van der Waals surface area (Å²) < 4.78 is 6.99. The van der Waals surface area contributed by atoms with E-state index in [2.05, 4.69) is 4.98 Å². The van der Waals surface area contributed by atoms with Crippen molar-refractivity contribution in [3.63, 3.8) is 0 Å². The number of halogens is 1. The van der Waals surface area contributed by atoms with Crippen LogP contribution in [0.3, 0.4) is 0 Å². The molecule has 1 aromatic heterocycles. The van der Waals surface area contributed by atoms with Gasteiger partial charge in [0, 0.05) is 18.1 Å². The zero-order valence-corrected chi connectivity index (χ0v) is 9.61. The Bertz CT molecular complexity index is 496. The first-order chi connectivity index (χ1) is 7.76. The van der Waals surface area contributed by atoms with Crippen LogP contribution in [0.4, 0.5) is 0 Å². The highest BCUT2D eigenvalue weighted by molar-refractivity contribution is 6.32. The van der Waals surface area contributed by atoms with Gasteiger partial charge in [0.2, 0.25) is 0 Å². The lowest BCUT2D eigenvalue weighted by Crippen LogP contribution is -2.06. The van der Waals surface area contributed by atoms with Gasteiger partial charge in [0.25, 0.3) is 0 Å². The molecular weight excluding hydrogens is 226 g/mol. The van der Waals surface area contributed by atoms with E-state index in [4.69, 9.17) is 22.1 Å². The minimum atomic E-state index is 0.386. The molecule has 0 unspecified atom stereocenters. The number of imidazole rings is 1. The molecule has 0 radical (unpaired) electrons. The largest absolute Gasteiger partial charge is 0.495 e. The molecule has 1 aromatic carbocycles. The topological polar surface area (TPSA) is 53.1 Å². The smallest absolute Gasteiger partial charge is 0.137 e. The maximum Gasteiger partial charge on any atom is 0.137 e. The van der Waals surface area contributed by atoms with E-state index in [1.54, 1.807) is 13.3 Å². The monoisotopic (exact) mass is 237 g/mol.